The molecule has 3 atom stereocenters. The number of hydrogen-bond acceptors (Lipinski definition) is 4. The molecule has 2 aromatic carbocycles. The van der Waals surface area contributed by atoms with Gasteiger partial charge in [0, 0.05) is 0 Å². The first-order valence-corrected chi connectivity index (χ1v) is 10.8. The molecule has 0 aliphatic heterocycles. The van der Waals surface area contributed by atoms with E-state index in [-0.39, 0.29) is 12.8 Å². The molecule has 0 saturated heterocycles. The summed E-state index contributed by atoms with van der Waals surface area (Å²) < 4.78 is 5.33. The van der Waals surface area contributed by atoms with Crippen LogP contribution in [0, 0.1) is 5.92 Å². The van der Waals surface area contributed by atoms with Gasteiger partial charge in [0.2, 0.25) is 0 Å². The lowest BCUT2D eigenvalue weighted by Gasteiger charge is -2.28. The molecule has 3 N–H and O–H groups in total. The molecule has 0 heterocycles. The van der Waals surface area contributed by atoms with Crippen molar-refractivity contribution in [2.24, 2.45) is 5.92 Å². The highest BCUT2D eigenvalue weighted by atomic mass is 16.6. The molecule has 6 nitrogen and oxygen atoms in total. The van der Waals surface area contributed by atoms with Gasteiger partial charge in [-0.3, -0.25) is 4.79 Å². The van der Waals surface area contributed by atoms with Crippen LogP contribution >= 0.6 is 0 Å². The Morgan fingerprint density at radius 1 is 1.03 bits per heavy atom. The van der Waals surface area contributed by atoms with E-state index in [4.69, 9.17) is 4.74 Å². The zero-order valence-electron chi connectivity index (χ0n) is 18.9. The Bertz CT molecular complexity index is 874. The van der Waals surface area contributed by atoms with E-state index in [9.17, 15) is 19.8 Å². The zero-order chi connectivity index (χ0) is 23.6. The lowest BCUT2D eigenvalue weighted by molar-refractivity contribution is -0.142. The Labute approximate surface area is 189 Å². The fraction of sp³-hybridized carbons (Fsp3) is 0.385. The fourth-order valence-electron chi connectivity index (χ4n) is 3.30. The summed E-state index contributed by atoms with van der Waals surface area (Å²) in [6.45, 7) is 5.28. The van der Waals surface area contributed by atoms with E-state index in [1.54, 1.807) is 26.8 Å². The second-order valence-corrected chi connectivity index (χ2v) is 8.83. The zero-order valence-corrected chi connectivity index (χ0v) is 18.9. The number of allylic oxidation sites excluding steroid dienone is 1. The number of amides is 1. The van der Waals surface area contributed by atoms with Gasteiger partial charge in [-0.05, 0) is 51.2 Å². The molecule has 2 aromatic rings. The van der Waals surface area contributed by atoms with Crippen molar-refractivity contribution in [2.75, 3.05) is 0 Å². The molecule has 6 heteroatoms. The lowest BCUT2D eigenvalue weighted by Crippen LogP contribution is -2.47. The third kappa shape index (κ3) is 9.35. The van der Waals surface area contributed by atoms with Gasteiger partial charge in [0.05, 0.1) is 18.1 Å². The Morgan fingerprint density at radius 3 is 2.19 bits per heavy atom. The molecule has 1 amide bonds. The maximum atomic E-state index is 12.3. The van der Waals surface area contributed by atoms with Crippen LogP contribution in [-0.2, 0) is 16.0 Å². The van der Waals surface area contributed by atoms with Gasteiger partial charge in [-0.2, -0.15) is 0 Å². The van der Waals surface area contributed by atoms with Crippen LogP contribution in [-0.4, -0.2) is 40.0 Å². The number of carboxylic acid groups (broad SMARTS) is 1. The molecule has 0 bridgehead atoms. The Kier molecular flexibility index (Phi) is 9.47. The normalized spacial score (nSPS) is 14.5. The number of aliphatic hydroxyl groups excluding tert-OH is 1. The predicted octanol–water partition coefficient (Wildman–Crippen LogP) is 4.68. The van der Waals surface area contributed by atoms with Crippen molar-refractivity contribution in [3.63, 3.8) is 0 Å². The SMILES string of the molecule is CC(C)(C)OC(=O)N[C@@H](Cc1ccccc1)[C@@H](O)C[C@@H](CC=Cc1ccccc1)C(=O)O. The van der Waals surface area contributed by atoms with Crippen molar-refractivity contribution in [3.8, 4) is 0 Å². The molecular weight excluding hydrogens is 406 g/mol. The van der Waals surface area contributed by atoms with Crippen molar-refractivity contribution in [1.29, 1.82) is 0 Å². The molecule has 0 aliphatic rings. The smallest absolute Gasteiger partial charge is 0.407 e. The minimum absolute atomic E-state index is 0.00175. The molecule has 0 fully saturated rings. The largest absolute Gasteiger partial charge is 0.481 e. The van der Waals surface area contributed by atoms with Crippen LogP contribution < -0.4 is 5.32 Å². The minimum Gasteiger partial charge on any atom is -0.481 e. The molecular formula is C26H33NO5. The van der Waals surface area contributed by atoms with E-state index in [0.29, 0.717) is 6.42 Å². The summed E-state index contributed by atoms with van der Waals surface area (Å²) in [6.07, 6.45) is 2.58. The van der Waals surface area contributed by atoms with Crippen molar-refractivity contribution in [2.45, 2.75) is 57.8 Å². The average molecular weight is 440 g/mol. The van der Waals surface area contributed by atoms with Gasteiger partial charge in [-0.25, -0.2) is 4.79 Å². The van der Waals surface area contributed by atoms with Crippen LogP contribution in [0.3, 0.4) is 0 Å². The number of carboxylic acids is 1. The number of rotatable bonds is 10. The van der Waals surface area contributed by atoms with Gasteiger partial charge < -0.3 is 20.3 Å². The third-order valence-electron chi connectivity index (χ3n) is 4.87. The first kappa shape index (κ1) is 25.1. The lowest BCUT2D eigenvalue weighted by atomic mass is 9.91. The first-order valence-electron chi connectivity index (χ1n) is 10.8. The summed E-state index contributed by atoms with van der Waals surface area (Å²) >= 11 is 0. The van der Waals surface area contributed by atoms with E-state index in [1.807, 2.05) is 66.7 Å². The van der Waals surface area contributed by atoms with Crippen molar-refractivity contribution < 1.29 is 24.5 Å². The summed E-state index contributed by atoms with van der Waals surface area (Å²) in [6, 6.07) is 18.3. The quantitative estimate of drug-likeness (QED) is 0.500. The van der Waals surface area contributed by atoms with Crippen molar-refractivity contribution in [3.05, 3.63) is 77.9 Å². The van der Waals surface area contributed by atoms with E-state index in [1.165, 1.54) is 0 Å². The summed E-state index contributed by atoms with van der Waals surface area (Å²) in [5.41, 5.74) is 1.22. The molecule has 2 rings (SSSR count). The number of carbonyl (C=O) groups is 2. The van der Waals surface area contributed by atoms with Gasteiger partial charge in [0.25, 0.3) is 0 Å². The van der Waals surface area contributed by atoms with Crippen LogP contribution in [0.5, 0.6) is 0 Å². The molecule has 0 spiro atoms. The van der Waals surface area contributed by atoms with Gasteiger partial charge in [0.15, 0.2) is 0 Å². The minimum atomic E-state index is -1.06. The van der Waals surface area contributed by atoms with Crippen LogP contribution in [0.4, 0.5) is 4.79 Å². The van der Waals surface area contributed by atoms with Crippen LogP contribution in [0.25, 0.3) is 6.08 Å². The summed E-state index contributed by atoms with van der Waals surface area (Å²) in [5, 5.41) is 23.3. The highest BCUT2D eigenvalue weighted by molar-refractivity contribution is 5.71. The summed E-state index contributed by atoms with van der Waals surface area (Å²) in [7, 11) is 0. The highest BCUT2D eigenvalue weighted by Gasteiger charge is 2.29. The number of alkyl carbamates (subject to hydrolysis) is 1. The number of aliphatic hydroxyl groups is 1. The second kappa shape index (κ2) is 12.1. The molecule has 0 radical (unpaired) electrons. The molecule has 0 aromatic heterocycles. The third-order valence-corrected chi connectivity index (χ3v) is 4.87. The molecule has 32 heavy (non-hydrogen) atoms. The maximum Gasteiger partial charge on any atom is 0.407 e. The van der Waals surface area contributed by atoms with Gasteiger partial charge in [-0.15, -0.1) is 0 Å². The highest BCUT2D eigenvalue weighted by Crippen LogP contribution is 2.19. The summed E-state index contributed by atoms with van der Waals surface area (Å²) in [4.78, 5) is 24.2. The van der Waals surface area contributed by atoms with Crippen molar-refractivity contribution in [1.82, 2.24) is 5.32 Å². The molecule has 0 unspecified atom stereocenters. The van der Waals surface area contributed by atoms with Crippen molar-refractivity contribution >= 4 is 18.1 Å². The van der Waals surface area contributed by atoms with Crippen LogP contribution in [0.1, 0.15) is 44.7 Å². The van der Waals surface area contributed by atoms with Crippen LogP contribution in [0.15, 0.2) is 66.7 Å². The summed E-state index contributed by atoms with van der Waals surface area (Å²) in [5.74, 6) is -1.78. The van der Waals surface area contributed by atoms with Gasteiger partial charge >= 0.3 is 12.1 Å². The Balaban J connectivity index is 2.08. The number of ether oxygens (including phenoxy) is 1. The molecule has 172 valence electrons. The number of benzene rings is 2. The van der Waals surface area contributed by atoms with Crippen LogP contribution in [0.2, 0.25) is 0 Å². The monoisotopic (exact) mass is 439 g/mol. The predicted molar refractivity (Wildman–Crippen MR) is 125 cm³/mol. The standard InChI is InChI=1S/C26H33NO5/c1-26(2,3)32-25(31)27-22(17-20-13-8-5-9-14-20)23(28)18-21(24(29)30)16-10-15-19-11-6-4-7-12-19/h4-15,21-23,28H,16-18H2,1-3H3,(H,27,31)(H,29,30)/t21-,22+,23+/m1/s1. The fourth-order valence-corrected chi connectivity index (χ4v) is 3.30. The average Bonchev–Trinajstić information content (AvgIpc) is 2.72. The molecule has 0 saturated carbocycles. The van der Waals surface area contributed by atoms with E-state index in [2.05, 4.69) is 5.32 Å². The Hall–Kier alpha value is -3.12. The number of aliphatic carboxylic acids is 1. The Morgan fingerprint density at radius 2 is 1.62 bits per heavy atom. The number of hydrogen-bond donors (Lipinski definition) is 3. The van der Waals surface area contributed by atoms with E-state index in [0.717, 1.165) is 11.1 Å². The van der Waals surface area contributed by atoms with Gasteiger partial charge in [-0.1, -0.05) is 72.8 Å². The first-order chi connectivity index (χ1) is 15.1. The van der Waals surface area contributed by atoms with Gasteiger partial charge in [0.1, 0.15) is 5.60 Å². The number of nitrogens with one attached hydrogen (secondary N) is 1. The van der Waals surface area contributed by atoms with E-state index < -0.39 is 35.7 Å². The molecule has 0 aliphatic carbocycles. The van der Waals surface area contributed by atoms with E-state index >= 15 is 0 Å². The number of carbonyl (C=O) groups excluding carboxylic acids is 1. The topological polar surface area (TPSA) is 95.9 Å². The maximum absolute atomic E-state index is 12.3. The second-order valence-electron chi connectivity index (χ2n) is 8.83.